The van der Waals surface area contributed by atoms with Gasteiger partial charge in [-0.1, -0.05) is 38.1 Å². The quantitative estimate of drug-likeness (QED) is 0.792. The molecule has 0 aliphatic carbocycles. The van der Waals surface area contributed by atoms with Gasteiger partial charge in [0.1, 0.15) is 0 Å². The van der Waals surface area contributed by atoms with Crippen molar-refractivity contribution < 1.29 is 19.8 Å². The number of likely N-dealkylation sites (tertiary alicyclic amines) is 1. The van der Waals surface area contributed by atoms with Crippen molar-refractivity contribution in [2.24, 2.45) is 0 Å². The van der Waals surface area contributed by atoms with Gasteiger partial charge < -0.3 is 20.4 Å². The van der Waals surface area contributed by atoms with E-state index >= 15 is 0 Å². The summed E-state index contributed by atoms with van der Waals surface area (Å²) in [4.78, 5) is 24.7. The Labute approximate surface area is 136 Å². The lowest BCUT2D eigenvalue weighted by atomic mass is 10.00. The largest absolute Gasteiger partial charge is 0.480 e. The number of nitrogens with one attached hydrogen (secondary N) is 1. The number of amides is 2. The van der Waals surface area contributed by atoms with Gasteiger partial charge in [-0.15, -0.1) is 0 Å². The van der Waals surface area contributed by atoms with E-state index in [2.05, 4.69) is 19.2 Å². The van der Waals surface area contributed by atoms with E-state index in [-0.39, 0.29) is 19.0 Å². The Morgan fingerprint density at radius 1 is 1.17 bits per heavy atom. The summed E-state index contributed by atoms with van der Waals surface area (Å²) in [7, 11) is 0. The zero-order valence-corrected chi connectivity index (χ0v) is 13.7. The van der Waals surface area contributed by atoms with Gasteiger partial charge in [-0.2, -0.15) is 0 Å². The van der Waals surface area contributed by atoms with Crippen molar-refractivity contribution in [2.75, 3.05) is 6.54 Å². The highest BCUT2D eigenvalue weighted by molar-refractivity contribution is 5.84. The average Bonchev–Trinajstić information content (AvgIpc) is 2.89. The molecule has 1 heterocycles. The lowest BCUT2D eigenvalue weighted by molar-refractivity contribution is -0.143. The first-order chi connectivity index (χ1) is 10.8. The molecule has 0 spiro atoms. The van der Waals surface area contributed by atoms with E-state index in [9.17, 15) is 14.7 Å². The second kappa shape index (κ2) is 7.00. The number of urea groups is 1. The first-order valence-corrected chi connectivity index (χ1v) is 7.89. The van der Waals surface area contributed by atoms with Crippen molar-refractivity contribution in [3.05, 3.63) is 35.4 Å². The number of carbonyl (C=O) groups excluding carboxylic acids is 1. The number of carboxylic acid groups (broad SMARTS) is 1. The first-order valence-electron chi connectivity index (χ1n) is 7.89. The van der Waals surface area contributed by atoms with E-state index in [0.717, 1.165) is 5.56 Å². The van der Waals surface area contributed by atoms with Gasteiger partial charge in [0, 0.05) is 6.54 Å². The molecule has 3 atom stereocenters. The lowest BCUT2D eigenvalue weighted by Crippen LogP contribution is -2.49. The fraction of sp³-hybridized carbons (Fsp3) is 0.529. The molecule has 23 heavy (non-hydrogen) atoms. The van der Waals surface area contributed by atoms with Crippen LogP contribution in [0.2, 0.25) is 0 Å². The summed E-state index contributed by atoms with van der Waals surface area (Å²) in [6.07, 6.45) is -0.735. The van der Waals surface area contributed by atoms with Crippen LogP contribution < -0.4 is 5.32 Å². The summed E-state index contributed by atoms with van der Waals surface area (Å²) in [6.45, 7) is 6.32. The highest BCUT2D eigenvalue weighted by atomic mass is 16.4. The SMILES string of the molecule is CC(C)c1ccc(C(C)NC(=O)N2CC[C@@H](O)[C@H]2C(=O)O)cc1. The van der Waals surface area contributed by atoms with E-state index < -0.39 is 24.1 Å². The number of aliphatic carboxylic acids is 1. The van der Waals surface area contributed by atoms with Gasteiger partial charge in [-0.3, -0.25) is 0 Å². The second-order valence-electron chi connectivity index (χ2n) is 6.33. The fourth-order valence-electron chi connectivity index (χ4n) is 2.82. The standard InChI is InChI=1S/C17H24N2O4/c1-10(2)12-4-6-13(7-5-12)11(3)18-17(23)19-9-8-14(20)15(19)16(21)22/h4-7,10-11,14-15,20H,8-9H2,1-3H3,(H,18,23)(H,21,22)/t11?,14-,15+/m1/s1. The highest BCUT2D eigenvalue weighted by Gasteiger charge is 2.41. The number of hydrogen-bond donors (Lipinski definition) is 3. The number of rotatable bonds is 4. The number of carboxylic acids is 1. The van der Waals surface area contributed by atoms with Crippen LogP contribution in [0.5, 0.6) is 0 Å². The predicted molar refractivity (Wildman–Crippen MR) is 86.2 cm³/mol. The van der Waals surface area contributed by atoms with Gasteiger partial charge in [0.15, 0.2) is 6.04 Å². The topological polar surface area (TPSA) is 89.9 Å². The molecule has 3 N–H and O–H groups in total. The number of aliphatic hydroxyl groups excluding tert-OH is 1. The third kappa shape index (κ3) is 3.82. The molecule has 0 aromatic heterocycles. The zero-order chi connectivity index (χ0) is 17.1. The van der Waals surface area contributed by atoms with Crippen LogP contribution in [0.4, 0.5) is 4.79 Å². The van der Waals surface area contributed by atoms with E-state index in [4.69, 9.17) is 5.11 Å². The maximum atomic E-state index is 12.3. The molecule has 1 saturated heterocycles. The Morgan fingerprint density at radius 3 is 2.26 bits per heavy atom. The van der Waals surface area contributed by atoms with Crippen LogP contribution in [0, 0.1) is 0 Å². The van der Waals surface area contributed by atoms with Crippen LogP contribution in [0.3, 0.4) is 0 Å². The summed E-state index contributed by atoms with van der Waals surface area (Å²) in [5.41, 5.74) is 2.18. The molecule has 1 aliphatic rings. The normalized spacial score (nSPS) is 22.2. The third-order valence-electron chi connectivity index (χ3n) is 4.32. The van der Waals surface area contributed by atoms with Crippen molar-refractivity contribution in [2.45, 2.75) is 51.3 Å². The Bertz CT molecular complexity index is 570. The molecule has 1 aliphatic heterocycles. The third-order valence-corrected chi connectivity index (χ3v) is 4.32. The van der Waals surface area contributed by atoms with E-state index in [1.54, 1.807) is 0 Å². The van der Waals surface area contributed by atoms with Crippen LogP contribution in [0.25, 0.3) is 0 Å². The summed E-state index contributed by atoms with van der Waals surface area (Å²) in [5, 5.41) is 21.7. The van der Waals surface area contributed by atoms with Crippen molar-refractivity contribution in [1.29, 1.82) is 0 Å². The van der Waals surface area contributed by atoms with E-state index in [1.807, 2.05) is 31.2 Å². The summed E-state index contributed by atoms with van der Waals surface area (Å²) in [5.74, 6) is -0.740. The van der Waals surface area contributed by atoms with Crippen molar-refractivity contribution in [1.82, 2.24) is 10.2 Å². The second-order valence-corrected chi connectivity index (χ2v) is 6.33. The number of hydrogen-bond acceptors (Lipinski definition) is 3. The van der Waals surface area contributed by atoms with Crippen molar-refractivity contribution >= 4 is 12.0 Å². The monoisotopic (exact) mass is 320 g/mol. The molecule has 0 radical (unpaired) electrons. The minimum Gasteiger partial charge on any atom is -0.480 e. The minimum absolute atomic E-state index is 0.239. The van der Waals surface area contributed by atoms with Crippen LogP contribution >= 0.6 is 0 Å². The Morgan fingerprint density at radius 2 is 1.74 bits per heavy atom. The van der Waals surface area contributed by atoms with Gasteiger partial charge in [0.05, 0.1) is 12.1 Å². The Kier molecular flexibility index (Phi) is 5.26. The predicted octanol–water partition coefficient (Wildman–Crippen LogP) is 2.10. The molecule has 6 nitrogen and oxygen atoms in total. The molecular weight excluding hydrogens is 296 g/mol. The van der Waals surface area contributed by atoms with Gasteiger partial charge in [-0.05, 0) is 30.4 Å². The molecule has 0 bridgehead atoms. The zero-order valence-electron chi connectivity index (χ0n) is 13.7. The maximum absolute atomic E-state index is 12.3. The number of benzene rings is 1. The first kappa shape index (κ1) is 17.3. The number of nitrogens with zero attached hydrogens (tertiary/aromatic N) is 1. The molecule has 126 valence electrons. The molecule has 1 fully saturated rings. The molecule has 1 unspecified atom stereocenters. The molecule has 1 aromatic carbocycles. The van der Waals surface area contributed by atoms with Gasteiger partial charge in [0.25, 0.3) is 0 Å². The van der Waals surface area contributed by atoms with Crippen LogP contribution in [0.15, 0.2) is 24.3 Å². The molecule has 6 heteroatoms. The Balaban J connectivity index is 2.03. The van der Waals surface area contributed by atoms with Crippen molar-refractivity contribution in [3.63, 3.8) is 0 Å². The molecular formula is C17H24N2O4. The van der Waals surface area contributed by atoms with Crippen LogP contribution in [0.1, 0.15) is 50.3 Å². The summed E-state index contributed by atoms with van der Waals surface area (Å²) >= 11 is 0. The number of carbonyl (C=O) groups is 2. The summed E-state index contributed by atoms with van der Waals surface area (Å²) < 4.78 is 0. The van der Waals surface area contributed by atoms with Gasteiger partial charge in [-0.25, -0.2) is 9.59 Å². The molecule has 2 rings (SSSR count). The molecule has 2 amide bonds. The summed E-state index contributed by atoms with van der Waals surface area (Å²) in [6, 6.07) is 6.11. The fourth-order valence-corrected chi connectivity index (χ4v) is 2.82. The molecule has 1 aromatic rings. The van der Waals surface area contributed by atoms with Gasteiger partial charge in [0.2, 0.25) is 0 Å². The smallest absolute Gasteiger partial charge is 0.329 e. The van der Waals surface area contributed by atoms with E-state index in [1.165, 1.54) is 10.5 Å². The average molecular weight is 320 g/mol. The molecule has 0 saturated carbocycles. The lowest BCUT2D eigenvalue weighted by Gasteiger charge is -2.25. The number of aliphatic hydroxyl groups is 1. The van der Waals surface area contributed by atoms with Crippen molar-refractivity contribution in [3.8, 4) is 0 Å². The van der Waals surface area contributed by atoms with Gasteiger partial charge >= 0.3 is 12.0 Å². The highest BCUT2D eigenvalue weighted by Crippen LogP contribution is 2.21. The Hall–Kier alpha value is -2.08. The maximum Gasteiger partial charge on any atom is 0.329 e. The van der Waals surface area contributed by atoms with Crippen LogP contribution in [-0.2, 0) is 4.79 Å². The minimum atomic E-state index is -1.18. The van der Waals surface area contributed by atoms with Crippen LogP contribution in [-0.4, -0.2) is 45.8 Å². The van der Waals surface area contributed by atoms with E-state index in [0.29, 0.717) is 5.92 Å².